The van der Waals surface area contributed by atoms with Gasteiger partial charge in [0.15, 0.2) is 17.3 Å². The fraction of sp³-hybridized carbons (Fsp3) is 0.292. The average Bonchev–Trinajstić information content (AvgIpc) is 3.56. The largest absolute Gasteiger partial charge is 0.486 e. The van der Waals surface area contributed by atoms with Gasteiger partial charge in [0.1, 0.15) is 28.0 Å². The minimum Gasteiger partial charge on any atom is -0.486 e. The zero-order chi connectivity index (χ0) is 24.9. The van der Waals surface area contributed by atoms with Crippen LogP contribution in [0.15, 0.2) is 34.7 Å². The first kappa shape index (κ1) is 24.1. The molecule has 3 heterocycles. The Morgan fingerprint density at radius 1 is 1.00 bits per heavy atom. The second-order valence-electron chi connectivity index (χ2n) is 7.23. The van der Waals surface area contributed by atoms with Crippen molar-refractivity contribution in [2.24, 2.45) is 0 Å². The van der Waals surface area contributed by atoms with Crippen molar-refractivity contribution in [3.05, 3.63) is 57.9 Å². The molecule has 1 amide bonds. The van der Waals surface area contributed by atoms with Gasteiger partial charge in [0, 0.05) is 6.07 Å². The smallest absolute Gasteiger partial charge is 0.348 e. The average molecular weight is 502 g/mol. The highest BCUT2D eigenvalue weighted by atomic mass is 32.1. The van der Waals surface area contributed by atoms with Gasteiger partial charge in [-0.15, -0.1) is 11.3 Å². The van der Waals surface area contributed by atoms with Gasteiger partial charge in [-0.3, -0.25) is 4.79 Å². The SMILES string of the molecule is CCOC(=O)c1sc(NC(=O)c2ccc(COc3ccc4c(c3)OCO4)o2)c(C(=O)OCC)c1C. The fourth-order valence-electron chi connectivity index (χ4n) is 3.31. The molecule has 0 bridgehead atoms. The first-order chi connectivity index (χ1) is 16.9. The van der Waals surface area contributed by atoms with Crippen LogP contribution in [0.4, 0.5) is 5.00 Å². The van der Waals surface area contributed by atoms with E-state index in [1.165, 1.54) is 6.07 Å². The van der Waals surface area contributed by atoms with Crippen molar-refractivity contribution in [3.8, 4) is 17.2 Å². The van der Waals surface area contributed by atoms with Crippen molar-refractivity contribution in [3.63, 3.8) is 0 Å². The Kier molecular flexibility index (Phi) is 7.25. The molecule has 184 valence electrons. The number of furan rings is 1. The molecule has 4 rings (SSSR count). The lowest BCUT2D eigenvalue weighted by molar-refractivity contribution is 0.0527. The normalized spacial score (nSPS) is 11.7. The Morgan fingerprint density at radius 3 is 2.51 bits per heavy atom. The summed E-state index contributed by atoms with van der Waals surface area (Å²) >= 11 is 0.940. The molecule has 1 aliphatic heterocycles. The molecule has 0 aliphatic carbocycles. The van der Waals surface area contributed by atoms with Crippen molar-refractivity contribution in [1.82, 2.24) is 0 Å². The van der Waals surface area contributed by atoms with Crippen LogP contribution in [0.3, 0.4) is 0 Å². The third-order valence-corrected chi connectivity index (χ3v) is 6.11. The van der Waals surface area contributed by atoms with Crippen molar-refractivity contribution in [1.29, 1.82) is 0 Å². The monoisotopic (exact) mass is 501 g/mol. The number of hydrogen-bond donors (Lipinski definition) is 1. The summed E-state index contributed by atoms with van der Waals surface area (Å²) in [5.74, 6) is 0.379. The zero-order valence-electron chi connectivity index (χ0n) is 19.3. The molecule has 1 N–H and O–H groups in total. The number of anilines is 1. The van der Waals surface area contributed by atoms with Gasteiger partial charge >= 0.3 is 11.9 Å². The molecule has 0 unspecified atom stereocenters. The van der Waals surface area contributed by atoms with Crippen LogP contribution in [-0.2, 0) is 16.1 Å². The number of carbonyl (C=O) groups excluding carboxylic acids is 3. The number of fused-ring (bicyclic) bond motifs is 1. The lowest BCUT2D eigenvalue weighted by atomic mass is 10.1. The molecular weight excluding hydrogens is 478 g/mol. The molecule has 1 aliphatic rings. The highest BCUT2D eigenvalue weighted by Crippen LogP contribution is 2.36. The molecule has 0 fully saturated rings. The van der Waals surface area contributed by atoms with Gasteiger partial charge < -0.3 is 33.4 Å². The van der Waals surface area contributed by atoms with Gasteiger partial charge in [0.05, 0.1) is 18.8 Å². The predicted molar refractivity (Wildman–Crippen MR) is 125 cm³/mol. The van der Waals surface area contributed by atoms with E-state index in [-0.39, 0.29) is 47.8 Å². The molecule has 3 aromatic rings. The van der Waals surface area contributed by atoms with Crippen LogP contribution in [-0.4, -0.2) is 37.9 Å². The van der Waals surface area contributed by atoms with Gasteiger partial charge in [-0.2, -0.15) is 0 Å². The van der Waals surface area contributed by atoms with E-state index in [2.05, 4.69) is 5.32 Å². The maximum atomic E-state index is 12.8. The van der Waals surface area contributed by atoms with Crippen molar-refractivity contribution in [2.45, 2.75) is 27.4 Å². The Bertz CT molecular complexity index is 1260. The Hall–Kier alpha value is -3.99. The van der Waals surface area contributed by atoms with Gasteiger partial charge in [-0.1, -0.05) is 0 Å². The quantitative estimate of drug-likeness (QED) is 0.420. The lowest BCUT2D eigenvalue weighted by Crippen LogP contribution is -2.14. The van der Waals surface area contributed by atoms with Gasteiger partial charge in [-0.05, 0) is 50.6 Å². The molecule has 10 nitrogen and oxygen atoms in total. The number of hydrogen-bond acceptors (Lipinski definition) is 10. The highest BCUT2D eigenvalue weighted by molar-refractivity contribution is 7.18. The van der Waals surface area contributed by atoms with E-state index >= 15 is 0 Å². The molecule has 0 radical (unpaired) electrons. The Morgan fingerprint density at radius 2 is 1.74 bits per heavy atom. The van der Waals surface area contributed by atoms with Gasteiger partial charge in [0.25, 0.3) is 5.91 Å². The van der Waals surface area contributed by atoms with Crippen LogP contribution >= 0.6 is 11.3 Å². The molecule has 0 atom stereocenters. The summed E-state index contributed by atoms with van der Waals surface area (Å²) in [6.07, 6.45) is 0. The van der Waals surface area contributed by atoms with Crippen LogP contribution in [0.5, 0.6) is 17.2 Å². The van der Waals surface area contributed by atoms with Crippen LogP contribution in [0.2, 0.25) is 0 Å². The van der Waals surface area contributed by atoms with Crippen molar-refractivity contribution < 1.29 is 42.5 Å². The second-order valence-corrected chi connectivity index (χ2v) is 8.25. The molecule has 1 aromatic carbocycles. The van der Waals surface area contributed by atoms with Gasteiger partial charge in [0.2, 0.25) is 6.79 Å². The van der Waals surface area contributed by atoms with E-state index in [4.69, 9.17) is 28.1 Å². The molecule has 2 aromatic heterocycles. The number of thiophene rings is 1. The van der Waals surface area contributed by atoms with E-state index in [9.17, 15) is 14.4 Å². The molecule has 0 saturated heterocycles. The first-order valence-corrected chi connectivity index (χ1v) is 11.6. The molecule has 11 heteroatoms. The minimum absolute atomic E-state index is 0.00725. The van der Waals surface area contributed by atoms with E-state index in [1.54, 1.807) is 45.0 Å². The first-order valence-electron chi connectivity index (χ1n) is 10.8. The van der Waals surface area contributed by atoms with Crippen LogP contribution in [0.1, 0.15) is 55.8 Å². The minimum atomic E-state index is -0.649. The predicted octanol–water partition coefficient (Wildman–Crippen LogP) is 4.56. The second kappa shape index (κ2) is 10.5. The highest BCUT2D eigenvalue weighted by Gasteiger charge is 2.28. The summed E-state index contributed by atoms with van der Waals surface area (Å²) in [6, 6.07) is 8.28. The summed E-state index contributed by atoms with van der Waals surface area (Å²) in [4.78, 5) is 37.9. The maximum Gasteiger partial charge on any atom is 0.348 e. The topological polar surface area (TPSA) is 123 Å². The number of carbonyl (C=O) groups is 3. The maximum absolute atomic E-state index is 12.8. The molecular formula is C24H23NO9S. The number of esters is 2. The zero-order valence-corrected chi connectivity index (χ0v) is 20.1. The third-order valence-electron chi connectivity index (χ3n) is 4.92. The van der Waals surface area contributed by atoms with Crippen molar-refractivity contribution >= 4 is 34.2 Å². The number of benzene rings is 1. The number of ether oxygens (including phenoxy) is 5. The standard InChI is InChI=1S/C24H23NO9S/c1-4-29-23(27)19-13(3)20(24(28)30-5-2)35-22(19)25-21(26)17-9-7-15(34-17)11-31-14-6-8-16-18(10-14)33-12-32-16/h6-10H,4-5,11-12H2,1-3H3,(H,25,26). The third kappa shape index (κ3) is 5.24. The van der Waals surface area contributed by atoms with Gasteiger partial charge in [-0.25, -0.2) is 9.59 Å². The number of amides is 1. The Labute approximate surface area is 204 Å². The number of nitrogens with one attached hydrogen (secondary N) is 1. The van der Waals surface area contributed by atoms with Crippen LogP contribution in [0, 0.1) is 6.92 Å². The summed E-state index contributed by atoms with van der Waals surface area (Å²) in [6.45, 7) is 5.51. The summed E-state index contributed by atoms with van der Waals surface area (Å²) in [5.41, 5.74) is 0.477. The summed E-state index contributed by atoms with van der Waals surface area (Å²) in [7, 11) is 0. The molecule has 35 heavy (non-hydrogen) atoms. The van der Waals surface area contributed by atoms with Crippen LogP contribution in [0.25, 0.3) is 0 Å². The van der Waals surface area contributed by atoms with E-state index in [1.807, 2.05) is 0 Å². The Balaban J connectivity index is 1.47. The van der Waals surface area contributed by atoms with E-state index in [0.29, 0.717) is 28.6 Å². The van der Waals surface area contributed by atoms with Crippen molar-refractivity contribution in [2.75, 3.05) is 25.3 Å². The lowest BCUT2D eigenvalue weighted by Gasteiger charge is -2.06. The van der Waals surface area contributed by atoms with E-state index in [0.717, 1.165) is 11.3 Å². The van der Waals surface area contributed by atoms with E-state index < -0.39 is 17.8 Å². The molecule has 0 spiro atoms. The summed E-state index contributed by atoms with van der Waals surface area (Å²) < 4.78 is 32.1. The molecule has 0 saturated carbocycles. The van der Waals surface area contributed by atoms with Crippen LogP contribution < -0.4 is 19.5 Å². The number of rotatable bonds is 9. The summed E-state index contributed by atoms with van der Waals surface area (Å²) in [5, 5.41) is 2.82. The fourth-order valence-corrected chi connectivity index (χ4v) is 4.39.